The summed E-state index contributed by atoms with van der Waals surface area (Å²) in [5.41, 5.74) is 1.73. The molecular weight excluding hydrogens is 306 g/mol. The van der Waals surface area contributed by atoms with Gasteiger partial charge in [-0.25, -0.2) is 4.98 Å². The highest BCUT2D eigenvalue weighted by Gasteiger charge is 2.15. The van der Waals surface area contributed by atoms with Gasteiger partial charge in [0.05, 0.1) is 11.7 Å². The Morgan fingerprint density at radius 1 is 1.42 bits per heavy atom. The summed E-state index contributed by atoms with van der Waals surface area (Å²) in [6.07, 6.45) is 3.96. The first-order chi connectivity index (χ1) is 9.17. The SMILES string of the molecule is CCCCn1c(C(=O)NCC)cc2cc(Br)ncc21. The van der Waals surface area contributed by atoms with E-state index in [9.17, 15) is 4.79 Å². The highest BCUT2D eigenvalue weighted by Crippen LogP contribution is 2.22. The Labute approximate surface area is 121 Å². The predicted molar refractivity (Wildman–Crippen MR) is 80.3 cm³/mol. The average Bonchev–Trinajstić information content (AvgIpc) is 2.74. The number of pyridine rings is 1. The van der Waals surface area contributed by atoms with Gasteiger partial charge in [0.15, 0.2) is 0 Å². The largest absolute Gasteiger partial charge is 0.351 e. The van der Waals surface area contributed by atoms with Crippen molar-refractivity contribution >= 4 is 32.7 Å². The van der Waals surface area contributed by atoms with Gasteiger partial charge in [0.1, 0.15) is 10.3 Å². The number of fused-ring (bicyclic) bond motifs is 1. The topological polar surface area (TPSA) is 46.9 Å². The van der Waals surface area contributed by atoms with Crippen LogP contribution in [-0.4, -0.2) is 22.0 Å². The first-order valence-electron chi connectivity index (χ1n) is 6.60. The smallest absolute Gasteiger partial charge is 0.267 e. The Kier molecular flexibility index (Phi) is 4.58. The number of carbonyl (C=O) groups excluding carboxylic acids is 1. The van der Waals surface area contributed by atoms with Gasteiger partial charge in [0.2, 0.25) is 0 Å². The van der Waals surface area contributed by atoms with Crippen molar-refractivity contribution in [2.24, 2.45) is 0 Å². The van der Waals surface area contributed by atoms with Gasteiger partial charge in [-0.15, -0.1) is 0 Å². The first kappa shape index (κ1) is 14.1. The van der Waals surface area contributed by atoms with Gasteiger partial charge >= 0.3 is 0 Å². The number of halogens is 1. The van der Waals surface area contributed by atoms with E-state index in [1.165, 1.54) is 0 Å². The zero-order valence-electron chi connectivity index (χ0n) is 11.2. The summed E-state index contributed by atoms with van der Waals surface area (Å²) in [4.78, 5) is 16.4. The molecule has 0 unspecified atom stereocenters. The van der Waals surface area contributed by atoms with Gasteiger partial charge in [-0.1, -0.05) is 13.3 Å². The maximum Gasteiger partial charge on any atom is 0.267 e. The van der Waals surface area contributed by atoms with E-state index in [1.54, 1.807) is 0 Å². The van der Waals surface area contributed by atoms with Crippen molar-refractivity contribution in [3.05, 3.63) is 28.6 Å². The molecule has 0 aliphatic rings. The fraction of sp³-hybridized carbons (Fsp3) is 0.429. The summed E-state index contributed by atoms with van der Waals surface area (Å²) < 4.78 is 2.85. The molecule has 2 rings (SSSR count). The van der Waals surface area contributed by atoms with E-state index in [0.717, 1.165) is 34.9 Å². The Balaban J connectivity index is 2.50. The molecule has 0 aliphatic heterocycles. The molecule has 1 amide bonds. The van der Waals surface area contributed by atoms with Crippen LogP contribution in [-0.2, 0) is 6.54 Å². The summed E-state index contributed by atoms with van der Waals surface area (Å²) in [7, 11) is 0. The van der Waals surface area contributed by atoms with Crippen molar-refractivity contribution in [3.63, 3.8) is 0 Å². The molecule has 2 heterocycles. The minimum absolute atomic E-state index is 0.0223. The van der Waals surface area contributed by atoms with Crippen LogP contribution in [0.25, 0.3) is 10.9 Å². The third-order valence-corrected chi connectivity index (χ3v) is 3.49. The lowest BCUT2D eigenvalue weighted by atomic mass is 10.3. The summed E-state index contributed by atoms with van der Waals surface area (Å²) >= 11 is 3.37. The highest BCUT2D eigenvalue weighted by molar-refractivity contribution is 9.10. The zero-order chi connectivity index (χ0) is 13.8. The minimum Gasteiger partial charge on any atom is -0.351 e. The summed E-state index contributed by atoms with van der Waals surface area (Å²) in [5, 5.41) is 3.90. The van der Waals surface area contributed by atoms with E-state index in [2.05, 4.69) is 37.7 Å². The second kappa shape index (κ2) is 6.19. The molecule has 2 aromatic heterocycles. The zero-order valence-corrected chi connectivity index (χ0v) is 12.8. The summed E-state index contributed by atoms with van der Waals surface area (Å²) in [6, 6.07) is 3.88. The normalized spacial score (nSPS) is 10.9. The van der Waals surface area contributed by atoms with Crippen LogP contribution in [0.3, 0.4) is 0 Å². The number of carbonyl (C=O) groups is 1. The number of nitrogens with one attached hydrogen (secondary N) is 1. The van der Waals surface area contributed by atoms with Crippen LogP contribution >= 0.6 is 15.9 Å². The Bertz CT molecular complexity index is 592. The van der Waals surface area contributed by atoms with Crippen molar-refractivity contribution in [2.45, 2.75) is 33.2 Å². The molecular formula is C14H18BrN3O. The van der Waals surface area contributed by atoms with Crippen LogP contribution in [0.1, 0.15) is 37.2 Å². The van der Waals surface area contributed by atoms with Crippen LogP contribution < -0.4 is 5.32 Å². The highest BCUT2D eigenvalue weighted by atomic mass is 79.9. The number of nitrogens with zero attached hydrogens (tertiary/aromatic N) is 2. The number of aryl methyl sites for hydroxylation is 1. The predicted octanol–water partition coefficient (Wildman–Crippen LogP) is 3.35. The number of unbranched alkanes of at least 4 members (excludes halogenated alkanes) is 1. The van der Waals surface area contributed by atoms with Gasteiger partial charge in [0.25, 0.3) is 5.91 Å². The van der Waals surface area contributed by atoms with Gasteiger partial charge in [-0.3, -0.25) is 4.79 Å². The molecule has 0 bridgehead atoms. The van der Waals surface area contributed by atoms with E-state index < -0.39 is 0 Å². The molecule has 0 atom stereocenters. The average molecular weight is 324 g/mol. The van der Waals surface area contributed by atoms with Gasteiger partial charge < -0.3 is 9.88 Å². The van der Waals surface area contributed by atoms with Crippen molar-refractivity contribution in [3.8, 4) is 0 Å². The lowest BCUT2D eigenvalue weighted by Crippen LogP contribution is -2.25. The fourth-order valence-electron chi connectivity index (χ4n) is 2.13. The minimum atomic E-state index is -0.0223. The van der Waals surface area contributed by atoms with Crippen LogP contribution in [0.2, 0.25) is 0 Å². The number of hydrogen-bond acceptors (Lipinski definition) is 2. The monoisotopic (exact) mass is 323 g/mol. The standard InChI is InChI=1S/C14H18BrN3O/c1-3-5-6-18-11(14(19)16-4-2)7-10-8-13(15)17-9-12(10)18/h7-9H,3-6H2,1-2H3,(H,16,19). The third kappa shape index (κ3) is 2.97. The Morgan fingerprint density at radius 2 is 2.21 bits per heavy atom. The third-order valence-electron chi connectivity index (χ3n) is 3.06. The number of rotatable bonds is 5. The van der Waals surface area contributed by atoms with E-state index in [4.69, 9.17) is 0 Å². The lowest BCUT2D eigenvalue weighted by Gasteiger charge is -2.09. The maximum absolute atomic E-state index is 12.1. The molecule has 2 aromatic rings. The molecule has 0 saturated heterocycles. The summed E-state index contributed by atoms with van der Waals surface area (Å²) in [5.74, 6) is -0.0223. The molecule has 1 N–H and O–H groups in total. The van der Waals surface area contributed by atoms with Crippen LogP contribution in [0.15, 0.2) is 22.9 Å². The second-order valence-corrected chi connectivity index (χ2v) is 5.27. The van der Waals surface area contributed by atoms with Gasteiger partial charge in [0, 0.05) is 18.5 Å². The molecule has 5 heteroatoms. The van der Waals surface area contributed by atoms with Gasteiger partial charge in [-0.2, -0.15) is 0 Å². The second-order valence-electron chi connectivity index (χ2n) is 4.46. The summed E-state index contributed by atoms with van der Waals surface area (Å²) in [6.45, 7) is 5.55. The molecule has 102 valence electrons. The molecule has 0 aromatic carbocycles. The van der Waals surface area contributed by atoms with E-state index in [0.29, 0.717) is 12.2 Å². The van der Waals surface area contributed by atoms with E-state index >= 15 is 0 Å². The fourth-order valence-corrected chi connectivity index (χ4v) is 2.48. The van der Waals surface area contributed by atoms with Gasteiger partial charge in [-0.05, 0) is 41.4 Å². The molecule has 4 nitrogen and oxygen atoms in total. The first-order valence-corrected chi connectivity index (χ1v) is 7.39. The lowest BCUT2D eigenvalue weighted by molar-refractivity contribution is 0.0947. The van der Waals surface area contributed by atoms with Crippen LogP contribution in [0, 0.1) is 0 Å². The molecule has 0 aliphatic carbocycles. The number of aromatic nitrogens is 2. The van der Waals surface area contributed by atoms with Crippen LogP contribution in [0.4, 0.5) is 0 Å². The molecule has 0 spiro atoms. The molecule has 0 saturated carbocycles. The number of hydrogen-bond donors (Lipinski definition) is 1. The molecule has 19 heavy (non-hydrogen) atoms. The van der Waals surface area contributed by atoms with Crippen molar-refractivity contribution < 1.29 is 4.79 Å². The molecule has 0 radical (unpaired) electrons. The van der Waals surface area contributed by atoms with E-state index in [-0.39, 0.29) is 5.91 Å². The maximum atomic E-state index is 12.1. The quantitative estimate of drug-likeness (QED) is 0.858. The molecule has 0 fully saturated rings. The number of amides is 1. The Morgan fingerprint density at radius 3 is 2.89 bits per heavy atom. The van der Waals surface area contributed by atoms with Crippen molar-refractivity contribution in [1.29, 1.82) is 0 Å². The van der Waals surface area contributed by atoms with Crippen molar-refractivity contribution in [2.75, 3.05) is 6.54 Å². The van der Waals surface area contributed by atoms with Crippen LogP contribution in [0.5, 0.6) is 0 Å². The van der Waals surface area contributed by atoms with Crippen molar-refractivity contribution in [1.82, 2.24) is 14.9 Å². The Hall–Kier alpha value is -1.36. The van der Waals surface area contributed by atoms with E-state index in [1.807, 2.05) is 25.3 Å².